The molecule has 0 aliphatic carbocycles. The van der Waals surface area contributed by atoms with Crippen LogP contribution in [0.25, 0.3) is 5.95 Å². The third kappa shape index (κ3) is 3.11. The Bertz CT molecular complexity index is 721. The van der Waals surface area contributed by atoms with Gasteiger partial charge in [0.15, 0.2) is 0 Å². The van der Waals surface area contributed by atoms with Crippen LogP contribution in [0.3, 0.4) is 0 Å². The molecule has 21 heavy (non-hydrogen) atoms. The maximum atomic E-state index is 5.68. The molecule has 0 saturated carbocycles. The SMILES string of the molecule is CCc1cnc(CNc2nc(N)nc(-n3cncn3)n2)s1. The summed E-state index contributed by atoms with van der Waals surface area (Å²) >= 11 is 1.65. The predicted octanol–water partition coefficient (Wildman–Crippen LogP) is 0.665. The number of hydrogen-bond donors (Lipinski definition) is 2. The standard InChI is InChI=1S/C11H13N9S/c1-2-7-3-14-8(21-7)4-15-10-17-9(12)18-11(19-10)20-6-13-5-16-20/h3,5-6H,2,4H2,1H3,(H3,12,15,17,18,19). The van der Waals surface area contributed by atoms with Gasteiger partial charge in [-0.2, -0.15) is 24.7 Å². The normalized spacial score (nSPS) is 10.7. The fourth-order valence-electron chi connectivity index (χ4n) is 1.62. The highest BCUT2D eigenvalue weighted by Crippen LogP contribution is 2.14. The lowest BCUT2D eigenvalue weighted by molar-refractivity contribution is 0.797. The van der Waals surface area contributed by atoms with E-state index in [0.717, 1.165) is 11.4 Å². The van der Waals surface area contributed by atoms with E-state index in [4.69, 9.17) is 5.73 Å². The zero-order valence-corrected chi connectivity index (χ0v) is 12.1. The maximum Gasteiger partial charge on any atom is 0.258 e. The molecule has 0 spiro atoms. The van der Waals surface area contributed by atoms with Crippen molar-refractivity contribution in [2.24, 2.45) is 0 Å². The molecule has 0 radical (unpaired) electrons. The number of rotatable bonds is 5. The molecule has 3 N–H and O–H groups in total. The quantitative estimate of drug-likeness (QED) is 0.705. The largest absolute Gasteiger partial charge is 0.368 e. The van der Waals surface area contributed by atoms with E-state index in [1.165, 1.54) is 22.2 Å². The minimum atomic E-state index is 0.117. The second-order valence-electron chi connectivity index (χ2n) is 4.08. The average molecular weight is 303 g/mol. The van der Waals surface area contributed by atoms with Gasteiger partial charge in [0.25, 0.3) is 5.95 Å². The number of nitrogens with two attached hydrogens (primary N) is 1. The summed E-state index contributed by atoms with van der Waals surface area (Å²) in [5.74, 6) is 0.809. The van der Waals surface area contributed by atoms with Crippen molar-refractivity contribution in [2.75, 3.05) is 11.1 Å². The Balaban J connectivity index is 1.76. The third-order valence-electron chi connectivity index (χ3n) is 2.61. The summed E-state index contributed by atoms with van der Waals surface area (Å²) in [6, 6.07) is 0. The topological polar surface area (TPSA) is 120 Å². The van der Waals surface area contributed by atoms with Crippen molar-refractivity contribution in [1.82, 2.24) is 34.7 Å². The van der Waals surface area contributed by atoms with Gasteiger partial charge in [-0.1, -0.05) is 6.92 Å². The lowest BCUT2D eigenvalue weighted by Crippen LogP contribution is -2.11. The molecule has 0 aliphatic heterocycles. The number of aryl methyl sites for hydroxylation is 1. The third-order valence-corrected chi connectivity index (χ3v) is 3.75. The van der Waals surface area contributed by atoms with Crippen LogP contribution in [0.15, 0.2) is 18.9 Å². The summed E-state index contributed by atoms with van der Waals surface area (Å²) in [6.45, 7) is 2.63. The lowest BCUT2D eigenvalue weighted by Gasteiger charge is -2.05. The minimum absolute atomic E-state index is 0.117. The Hall–Kier alpha value is -2.62. The van der Waals surface area contributed by atoms with Gasteiger partial charge >= 0.3 is 0 Å². The van der Waals surface area contributed by atoms with Crippen molar-refractivity contribution in [3.05, 3.63) is 28.7 Å². The molecule has 0 aliphatic rings. The monoisotopic (exact) mass is 303 g/mol. The maximum absolute atomic E-state index is 5.68. The first-order valence-electron chi connectivity index (χ1n) is 6.28. The minimum Gasteiger partial charge on any atom is -0.368 e. The van der Waals surface area contributed by atoms with Gasteiger partial charge < -0.3 is 11.1 Å². The molecular weight excluding hydrogens is 290 g/mol. The Kier molecular flexibility index (Phi) is 3.69. The van der Waals surface area contributed by atoms with Gasteiger partial charge in [-0.15, -0.1) is 11.3 Å². The smallest absolute Gasteiger partial charge is 0.258 e. The van der Waals surface area contributed by atoms with E-state index in [1.54, 1.807) is 11.3 Å². The van der Waals surface area contributed by atoms with Gasteiger partial charge in [-0.05, 0) is 6.42 Å². The molecule has 0 fully saturated rings. The van der Waals surface area contributed by atoms with Crippen LogP contribution in [0.4, 0.5) is 11.9 Å². The van der Waals surface area contributed by atoms with Crippen LogP contribution in [0.5, 0.6) is 0 Å². The summed E-state index contributed by atoms with van der Waals surface area (Å²) in [4.78, 5) is 21.7. The Morgan fingerprint density at radius 3 is 2.95 bits per heavy atom. The van der Waals surface area contributed by atoms with Gasteiger partial charge in [0, 0.05) is 11.1 Å². The molecule has 3 rings (SSSR count). The van der Waals surface area contributed by atoms with Crippen molar-refractivity contribution in [3.63, 3.8) is 0 Å². The molecule has 10 heteroatoms. The number of anilines is 2. The zero-order chi connectivity index (χ0) is 14.7. The van der Waals surface area contributed by atoms with Crippen molar-refractivity contribution in [3.8, 4) is 5.95 Å². The van der Waals surface area contributed by atoms with Crippen LogP contribution in [0, 0.1) is 0 Å². The predicted molar refractivity (Wildman–Crippen MR) is 78.0 cm³/mol. The van der Waals surface area contributed by atoms with Gasteiger partial charge in [0.1, 0.15) is 17.7 Å². The number of nitrogen functional groups attached to an aromatic ring is 1. The van der Waals surface area contributed by atoms with Gasteiger partial charge in [0.05, 0.1) is 6.54 Å². The Labute approximate surface area is 124 Å². The Morgan fingerprint density at radius 1 is 1.33 bits per heavy atom. The van der Waals surface area contributed by atoms with Gasteiger partial charge in [0.2, 0.25) is 11.9 Å². The summed E-state index contributed by atoms with van der Waals surface area (Å²) < 4.78 is 1.42. The van der Waals surface area contributed by atoms with E-state index >= 15 is 0 Å². The molecule has 0 saturated heterocycles. The van der Waals surface area contributed by atoms with Crippen molar-refractivity contribution < 1.29 is 0 Å². The number of thiazole rings is 1. The molecule has 0 bridgehead atoms. The molecular formula is C11H13N9S. The molecule has 3 aromatic heterocycles. The molecule has 0 amide bonds. The molecule has 0 unspecified atom stereocenters. The van der Waals surface area contributed by atoms with Crippen molar-refractivity contribution in [2.45, 2.75) is 19.9 Å². The second-order valence-corrected chi connectivity index (χ2v) is 5.28. The van der Waals surface area contributed by atoms with Crippen molar-refractivity contribution in [1.29, 1.82) is 0 Å². The Morgan fingerprint density at radius 2 is 2.24 bits per heavy atom. The summed E-state index contributed by atoms with van der Waals surface area (Å²) in [7, 11) is 0. The zero-order valence-electron chi connectivity index (χ0n) is 11.3. The van der Waals surface area contributed by atoms with Crippen molar-refractivity contribution >= 4 is 23.2 Å². The highest BCUT2D eigenvalue weighted by atomic mass is 32.1. The first kappa shape index (κ1) is 13.4. The van der Waals surface area contributed by atoms with Crippen LogP contribution >= 0.6 is 11.3 Å². The molecule has 108 valence electrons. The van der Waals surface area contributed by atoms with E-state index in [-0.39, 0.29) is 5.95 Å². The number of nitrogens with one attached hydrogen (secondary N) is 1. The van der Waals surface area contributed by atoms with E-state index < -0.39 is 0 Å². The first-order chi connectivity index (χ1) is 10.2. The highest BCUT2D eigenvalue weighted by molar-refractivity contribution is 7.11. The molecule has 3 aromatic rings. The fourth-order valence-corrected chi connectivity index (χ4v) is 2.42. The summed E-state index contributed by atoms with van der Waals surface area (Å²) in [5, 5.41) is 8.01. The van der Waals surface area contributed by atoms with Crippen LogP contribution in [0.2, 0.25) is 0 Å². The van der Waals surface area contributed by atoms with Gasteiger partial charge in [-0.25, -0.2) is 9.97 Å². The molecule has 0 aromatic carbocycles. The highest BCUT2D eigenvalue weighted by Gasteiger charge is 2.08. The van der Waals surface area contributed by atoms with Crippen LogP contribution < -0.4 is 11.1 Å². The summed E-state index contributed by atoms with van der Waals surface area (Å²) in [6.07, 6.45) is 5.75. The summed E-state index contributed by atoms with van der Waals surface area (Å²) in [5.41, 5.74) is 5.68. The van der Waals surface area contributed by atoms with E-state index in [0.29, 0.717) is 18.4 Å². The lowest BCUT2D eigenvalue weighted by atomic mass is 10.4. The van der Waals surface area contributed by atoms with Crippen LogP contribution in [-0.4, -0.2) is 34.7 Å². The number of aromatic nitrogens is 7. The van der Waals surface area contributed by atoms with E-state index in [2.05, 4.69) is 42.3 Å². The molecule has 9 nitrogen and oxygen atoms in total. The van der Waals surface area contributed by atoms with Gasteiger partial charge in [-0.3, -0.25) is 0 Å². The van der Waals surface area contributed by atoms with Crippen LogP contribution in [-0.2, 0) is 13.0 Å². The second kappa shape index (κ2) is 5.79. The number of hydrogen-bond acceptors (Lipinski definition) is 9. The van der Waals surface area contributed by atoms with E-state index in [1.807, 2.05) is 6.20 Å². The van der Waals surface area contributed by atoms with E-state index in [9.17, 15) is 0 Å². The van der Waals surface area contributed by atoms with Crippen LogP contribution in [0.1, 0.15) is 16.8 Å². The number of nitrogens with zero attached hydrogens (tertiary/aromatic N) is 7. The first-order valence-corrected chi connectivity index (χ1v) is 7.10. The average Bonchev–Trinajstić information content (AvgIpc) is 3.16. The fraction of sp³-hybridized carbons (Fsp3) is 0.273. The molecule has 3 heterocycles. The molecule has 0 atom stereocenters.